The van der Waals surface area contributed by atoms with Gasteiger partial charge in [0.2, 0.25) is 17.7 Å². The lowest BCUT2D eigenvalue weighted by Crippen LogP contribution is -2.57. The number of aliphatic hydroxyl groups excluding tert-OH is 1. The van der Waals surface area contributed by atoms with Crippen LogP contribution in [0.15, 0.2) is 54.6 Å². The first kappa shape index (κ1) is 25.1. The molecule has 0 aromatic heterocycles. The van der Waals surface area contributed by atoms with Gasteiger partial charge in [-0.05, 0) is 43.0 Å². The maximum Gasteiger partial charge on any atom is 0.248 e. The van der Waals surface area contributed by atoms with Crippen molar-refractivity contribution in [3.05, 3.63) is 59.6 Å². The Morgan fingerprint density at radius 2 is 1.83 bits per heavy atom. The fourth-order valence-electron chi connectivity index (χ4n) is 6.38. The van der Waals surface area contributed by atoms with Crippen molar-refractivity contribution in [1.29, 1.82) is 0 Å². The van der Waals surface area contributed by atoms with Crippen LogP contribution in [0.25, 0.3) is 0 Å². The minimum atomic E-state index is -0.831. The first-order chi connectivity index (χ1) is 17.3. The van der Waals surface area contributed by atoms with Crippen molar-refractivity contribution in [2.75, 3.05) is 17.2 Å². The van der Waals surface area contributed by atoms with Gasteiger partial charge in [-0.15, -0.1) is 11.8 Å². The molecule has 3 saturated heterocycles. The summed E-state index contributed by atoms with van der Waals surface area (Å²) in [4.78, 5) is 43.2. The lowest BCUT2D eigenvalue weighted by molar-refractivity contribution is -0.141. The zero-order chi connectivity index (χ0) is 25.6. The second-order valence-electron chi connectivity index (χ2n) is 9.87. The van der Waals surface area contributed by atoms with Gasteiger partial charge in [0.15, 0.2) is 0 Å². The largest absolute Gasteiger partial charge is 0.394 e. The summed E-state index contributed by atoms with van der Waals surface area (Å²) in [6.45, 7) is 3.69. The van der Waals surface area contributed by atoms with E-state index in [1.54, 1.807) is 40.9 Å². The van der Waals surface area contributed by atoms with E-state index in [-0.39, 0.29) is 35.5 Å². The second kappa shape index (κ2) is 9.72. The van der Waals surface area contributed by atoms with E-state index < -0.39 is 28.7 Å². The molecule has 7 nitrogen and oxygen atoms in total. The summed E-state index contributed by atoms with van der Waals surface area (Å²) in [5, 5.41) is 16.4. The number of carbonyl (C=O) groups is 3. The van der Waals surface area contributed by atoms with Crippen molar-refractivity contribution < 1.29 is 19.5 Å². The zero-order valence-corrected chi connectivity index (χ0v) is 21.8. The molecule has 2 aromatic carbocycles. The number of amides is 3. The van der Waals surface area contributed by atoms with Crippen LogP contribution < -0.4 is 10.6 Å². The summed E-state index contributed by atoms with van der Waals surface area (Å²) in [6.07, 6.45) is 1.23. The standard InChI is InChI=1S/C27H30ClN3O4S/c1-3-17(14-32)31-23(25(34)30-19-12-8-7-11-18(19)28)27-15(2)13-20(36-27)21(22(27)26(31)35)24(33)29-16-9-5-4-6-10-16/h4-12,15,17,20-23,32H,3,13-14H2,1-2H3,(H,29,33)(H,30,34)/t15?,17-,20-,21+,22-,23?,27?/m0/s1. The number of aliphatic hydroxyl groups is 1. The number of rotatable bonds is 7. The molecule has 2 aromatic rings. The van der Waals surface area contributed by atoms with Crippen molar-refractivity contribution in [1.82, 2.24) is 4.90 Å². The molecule has 1 spiro atoms. The molecule has 3 fully saturated rings. The van der Waals surface area contributed by atoms with Gasteiger partial charge in [0.05, 0.1) is 39.9 Å². The number of hydrogen-bond donors (Lipinski definition) is 3. The smallest absolute Gasteiger partial charge is 0.248 e. The Bertz CT molecular complexity index is 1180. The third-order valence-electron chi connectivity index (χ3n) is 7.98. The molecule has 3 amide bonds. The molecular formula is C27H30ClN3O4S. The maximum absolute atomic E-state index is 14.1. The lowest BCUT2D eigenvalue weighted by Gasteiger charge is -2.40. The van der Waals surface area contributed by atoms with E-state index in [9.17, 15) is 19.5 Å². The molecular weight excluding hydrogens is 498 g/mol. The number of para-hydroxylation sites is 2. The number of nitrogens with one attached hydrogen (secondary N) is 2. The van der Waals surface area contributed by atoms with Gasteiger partial charge in [-0.25, -0.2) is 0 Å². The van der Waals surface area contributed by atoms with Gasteiger partial charge >= 0.3 is 0 Å². The number of benzene rings is 2. The fraction of sp³-hybridized carbons (Fsp3) is 0.444. The third kappa shape index (κ3) is 3.81. The van der Waals surface area contributed by atoms with E-state index in [0.29, 0.717) is 22.8 Å². The van der Waals surface area contributed by atoms with Crippen LogP contribution in [0.4, 0.5) is 11.4 Å². The number of carbonyl (C=O) groups excluding carboxylic acids is 3. The Hall–Kier alpha value is -2.55. The van der Waals surface area contributed by atoms with Crippen molar-refractivity contribution >= 4 is 52.5 Å². The van der Waals surface area contributed by atoms with E-state index in [1.807, 2.05) is 37.3 Å². The predicted octanol–water partition coefficient (Wildman–Crippen LogP) is 4.03. The molecule has 3 heterocycles. The Morgan fingerprint density at radius 1 is 1.14 bits per heavy atom. The molecule has 0 aliphatic carbocycles. The minimum Gasteiger partial charge on any atom is -0.394 e. The maximum atomic E-state index is 14.1. The van der Waals surface area contributed by atoms with Crippen molar-refractivity contribution in [3.8, 4) is 0 Å². The lowest BCUT2D eigenvalue weighted by atomic mass is 9.66. The summed E-state index contributed by atoms with van der Waals surface area (Å²) in [5.41, 5.74) is 1.14. The number of hydrogen-bond acceptors (Lipinski definition) is 5. The normalized spacial score (nSPS) is 31.3. The highest BCUT2D eigenvalue weighted by atomic mass is 35.5. The number of halogens is 1. The molecule has 3 N–H and O–H groups in total. The van der Waals surface area contributed by atoms with Crippen LogP contribution in [0.2, 0.25) is 5.02 Å². The molecule has 0 saturated carbocycles. The van der Waals surface area contributed by atoms with Gasteiger partial charge in [0.1, 0.15) is 6.04 Å². The Labute approximate surface area is 220 Å². The van der Waals surface area contributed by atoms with Crippen LogP contribution in [0, 0.1) is 17.8 Å². The highest BCUT2D eigenvalue weighted by Crippen LogP contribution is 2.69. The molecule has 7 atom stereocenters. The average molecular weight is 528 g/mol. The summed E-state index contributed by atoms with van der Waals surface area (Å²) >= 11 is 7.93. The van der Waals surface area contributed by atoms with Crippen molar-refractivity contribution in [2.45, 2.75) is 48.8 Å². The molecule has 3 unspecified atom stereocenters. The monoisotopic (exact) mass is 527 g/mol. The van der Waals surface area contributed by atoms with Gasteiger partial charge in [0, 0.05) is 10.9 Å². The third-order valence-corrected chi connectivity index (χ3v) is 10.4. The first-order valence-electron chi connectivity index (χ1n) is 12.4. The van der Waals surface area contributed by atoms with Crippen molar-refractivity contribution in [2.24, 2.45) is 17.8 Å². The summed E-state index contributed by atoms with van der Waals surface area (Å²) in [7, 11) is 0. The Morgan fingerprint density at radius 3 is 2.50 bits per heavy atom. The second-order valence-corrected chi connectivity index (χ2v) is 11.8. The summed E-state index contributed by atoms with van der Waals surface area (Å²) < 4.78 is -0.769. The van der Waals surface area contributed by atoms with E-state index in [0.717, 1.165) is 6.42 Å². The predicted molar refractivity (Wildman–Crippen MR) is 142 cm³/mol. The average Bonchev–Trinajstić information content (AvgIpc) is 3.46. The Kier molecular flexibility index (Phi) is 6.78. The van der Waals surface area contributed by atoms with E-state index in [4.69, 9.17) is 11.6 Å². The molecule has 2 bridgehead atoms. The van der Waals surface area contributed by atoms with Gasteiger partial charge < -0.3 is 20.6 Å². The number of nitrogens with zero attached hydrogens (tertiary/aromatic N) is 1. The number of thioether (sulfide) groups is 1. The molecule has 9 heteroatoms. The summed E-state index contributed by atoms with van der Waals surface area (Å²) in [5.74, 6) is -1.95. The van der Waals surface area contributed by atoms with Crippen LogP contribution in [-0.2, 0) is 14.4 Å². The van der Waals surface area contributed by atoms with Crippen LogP contribution in [0.3, 0.4) is 0 Å². The van der Waals surface area contributed by atoms with Crippen LogP contribution in [-0.4, -0.2) is 56.4 Å². The Balaban J connectivity index is 1.54. The van der Waals surface area contributed by atoms with Gasteiger partial charge in [0.25, 0.3) is 0 Å². The topological polar surface area (TPSA) is 98.7 Å². The number of fused-ring (bicyclic) bond motifs is 1. The van der Waals surface area contributed by atoms with E-state index in [1.165, 1.54) is 0 Å². The van der Waals surface area contributed by atoms with Gasteiger partial charge in [-0.1, -0.05) is 55.8 Å². The van der Waals surface area contributed by atoms with Crippen LogP contribution in [0.1, 0.15) is 26.7 Å². The van der Waals surface area contributed by atoms with Crippen molar-refractivity contribution in [3.63, 3.8) is 0 Å². The van der Waals surface area contributed by atoms with Crippen LogP contribution >= 0.6 is 23.4 Å². The van der Waals surface area contributed by atoms with Gasteiger partial charge in [-0.2, -0.15) is 0 Å². The van der Waals surface area contributed by atoms with E-state index in [2.05, 4.69) is 17.6 Å². The molecule has 3 aliphatic rings. The molecule has 190 valence electrons. The highest BCUT2D eigenvalue weighted by molar-refractivity contribution is 8.02. The molecule has 36 heavy (non-hydrogen) atoms. The number of likely N-dealkylation sites (tertiary alicyclic amines) is 1. The minimum absolute atomic E-state index is 0.0328. The van der Waals surface area contributed by atoms with Gasteiger partial charge in [-0.3, -0.25) is 14.4 Å². The molecule has 3 aliphatic heterocycles. The highest BCUT2D eigenvalue weighted by Gasteiger charge is 2.76. The zero-order valence-electron chi connectivity index (χ0n) is 20.2. The SMILES string of the molecule is CC[C@@H](CO)N1C(=O)[C@@H]2[C@H](C(=O)Nc3ccccc3)[C@@H]3CC(C)C2(S3)C1C(=O)Nc1ccccc1Cl. The molecule has 5 rings (SSSR count). The van der Waals surface area contributed by atoms with Crippen LogP contribution in [0.5, 0.6) is 0 Å². The fourth-order valence-corrected chi connectivity index (χ4v) is 8.97. The molecule has 0 radical (unpaired) electrons. The quantitative estimate of drug-likeness (QED) is 0.505. The first-order valence-corrected chi connectivity index (χ1v) is 13.6. The number of anilines is 2. The summed E-state index contributed by atoms with van der Waals surface area (Å²) in [6, 6.07) is 14.8. The van der Waals surface area contributed by atoms with E-state index >= 15 is 0 Å².